The molecule has 3 rings (SSSR count). The number of nitro groups is 1. The molecule has 1 fully saturated rings. The fraction of sp³-hybridized carbons (Fsp3) is 0.250. The quantitative estimate of drug-likeness (QED) is 0.663. The Labute approximate surface area is 140 Å². The van der Waals surface area contributed by atoms with E-state index in [-0.39, 0.29) is 10.6 Å². The highest BCUT2D eigenvalue weighted by Gasteiger charge is 2.17. The SMILES string of the molecule is O=[N+]([O-])c1ccc(S(=O)(=O)Nc2ccc(N3CCCC3)cc2)cc1. The number of benzene rings is 2. The van der Waals surface area contributed by atoms with Crippen LogP contribution in [-0.4, -0.2) is 26.4 Å². The Morgan fingerprint density at radius 3 is 2.08 bits per heavy atom. The van der Waals surface area contributed by atoms with Gasteiger partial charge >= 0.3 is 0 Å². The smallest absolute Gasteiger partial charge is 0.269 e. The van der Waals surface area contributed by atoms with E-state index in [0.29, 0.717) is 5.69 Å². The van der Waals surface area contributed by atoms with Crippen LogP contribution in [0.4, 0.5) is 17.1 Å². The van der Waals surface area contributed by atoms with E-state index in [2.05, 4.69) is 9.62 Å². The maximum atomic E-state index is 12.3. The molecule has 0 spiro atoms. The molecule has 1 saturated heterocycles. The zero-order valence-electron chi connectivity index (χ0n) is 12.9. The Morgan fingerprint density at radius 1 is 0.958 bits per heavy atom. The standard InChI is InChI=1S/C16H17N3O4S/c20-19(21)15-7-9-16(10-8-15)24(22,23)17-13-3-5-14(6-4-13)18-11-1-2-12-18/h3-10,17H,1-2,11-12H2. The summed E-state index contributed by atoms with van der Waals surface area (Å²) in [7, 11) is -3.77. The summed E-state index contributed by atoms with van der Waals surface area (Å²) >= 11 is 0. The molecular weight excluding hydrogens is 330 g/mol. The molecular formula is C16H17N3O4S. The van der Waals surface area contributed by atoms with Crippen LogP contribution in [0.5, 0.6) is 0 Å². The monoisotopic (exact) mass is 347 g/mol. The number of rotatable bonds is 5. The second-order valence-electron chi connectivity index (χ2n) is 5.60. The van der Waals surface area contributed by atoms with Gasteiger partial charge in [0, 0.05) is 36.6 Å². The number of anilines is 2. The maximum Gasteiger partial charge on any atom is 0.269 e. The van der Waals surface area contributed by atoms with Gasteiger partial charge in [0.2, 0.25) is 0 Å². The van der Waals surface area contributed by atoms with Crippen LogP contribution in [0.15, 0.2) is 53.4 Å². The van der Waals surface area contributed by atoms with Gasteiger partial charge < -0.3 is 4.90 Å². The fourth-order valence-corrected chi connectivity index (χ4v) is 3.74. The molecule has 1 aliphatic rings. The number of sulfonamides is 1. The minimum atomic E-state index is -3.77. The number of hydrogen-bond donors (Lipinski definition) is 1. The lowest BCUT2D eigenvalue weighted by Crippen LogP contribution is -2.17. The summed E-state index contributed by atoms with van der Waals surface area (Å²) in [4.78, 5) is 12.3. The van der Waals surface area contributed by atoms with Crippen molar-refractivity contribution in [1.29, 1.82) is 0 Å². The van der Waals surface area contributed by atoms with Crippen LogP contribution in [-0.2, 0) is 10.0 Å². The van der Waals surface area contributed by atoms with E-state index in [1.54, 1.807) is 12.1 Å². The molecule has 0 bridgehead atoms. The molecule has 8 heteroatoms. The molecule has 0 unspecified atom stereocenters. The second kappa shape index (κ2) is 6.48. The van der Waals surface area contributed by atoms with Crippen molar-refractivity contribution in [1.82, 2.24) is 0 Å². The number of nitro benzene ring substituents is 1. The Morgan fingerprint density at radius 2 is 1.54 bits per heavy atom. The van der Waals surface area contributed by atoms with Gasteiger partial charge in [-0.25, -0.2) is 8.42 Å². The van der Waals surface area contributed by atoms with Crippen molar-refractivity contribution in [3.8, 4) is 0 Å². The van der Waals surface area contributed by atoms with Gasteiger partial charge in [-0.2, -0.15) is 0 Å². The molecule has 7 nitrogen and oxygen atoms in total. The third-order valence-corrected chi connectivity index (χ3v) is 5.35. The molecule has 2 aromatic rings. The number of non-ortho nitro benzene ring substituents is 1. The van der Waals surface area contributed by atoms with Gasteiger partial charge in [-0.3, -0.25) is 14.8 Å². The van der Waals surface area contributed by atoms with Gasteiger partial charge in [-0.05, 0) is 49.2 Å². The van der Waals surface area contributed by atoms with Gasteiger partial charge in [0.15, 0.2) is 0 Å². The summed E-state index contributed by atoms with van der Waals surface area (Å²) in [6.07, 6.45) is 2.35. The first kappa shape index (κ1) is 16.3. The largest absolute Gasteiger partial charge is 0.372 e. The average Bonchev–Trinajstić information content (AvgIpc) is 3.10. The van der Waals surface area contributed by atoms with Crippen LogP contribution in [0.2, 0.25) is 0 Å². The van der Waals surface area contributed by atoms with Crippen molar-refractivity contribution in [3.05, 3.63) is 58.6 Å². The van der Waals surface area contributed by atoms with E-state index in [0.717, 1.165) is 18.8 Å². The van der Waals surface area contributed by atoms with Crippen LogP contribution in [0, 0.1) is 10.1 Å². The number of nitrogens with one attached hydrogen (secondary N) is 1. The highest BCUT2D eigenvalue weighted by molar-refractivity contribution is 7.92. The molecule has 0 saturated carbocycles. The van der Waals surface area contributed by atoms with Crippen molar-refractivity contribution in [2.45, 2.75) is 17.7 Å². The number of hydrogen-bond acceptors (Lipinski definition) is 5. The van der Waals surface area contributed by atoms with Crippen LogP contribution in [0.25, 0.3) is 0 Å². The molecule has 1 aliphatic heterocycles. The zero-order valence-corrected chi connectivity index (χ0v) is 13.7. The maximum absolute atomic E-state index is 12.3. The first-order valence-electron chi connectivity index (χ1n) is 7.58. The lowest BCUT2D eigenvalue weighted by atomic mass is 10.2. The third-order valence-electron chi connectivity index (χ3n) is 3.95. The highest BCUT2D eigenvalue weighted by atomic mass is 32.2. The average molecular weight is 347 g/mol. The summed E-state index contributed by atoms with van der Waals surface area (Å²) < 4.78 is 27.1. The van der Waals surface area contributed by atoms with Gasteiger partial charge in [0.05, 0.1) is 9.82 Å². The summed E-state index contributed by atoms with van der Waals surface area (Å²) in [6.45, 7) is 2.04. The second-order valence-corrected chi connectivity index (χ2v) is 7.28. The van der Waals surface area contributed by atoms with Gasteiger partial charge in [0.25, 0.3) is 15.7 Å². The summed E-state index contributed by atoms with van der Waals surface area (Å²) in [5, 5.41) is 10.6. The Kier molecular flexibility index (Phi) is 4.39. The normalized spacial score (nSPS) is 14.6. The molecule has 0 amide bonds. The Bertz CT molecular complexity index is 827. The van der Waals surface area contributed by atoms with Crippen LogP contribution < -0.4 is 9.62 Å². The Hall–Kier alpha value is -2.61. The summed E-state index contributed by atoms with van der Waals surface area (Å²) in [5.41, 5.74) is 1.38. The Balaban J connectivity index is 1.75. The lowest BCUT2D eigenvalue weighted by Gasteiger charge is -2.18. The number of nitrogens with zero attached hydrogens (tertiary/aromatic N) is 2. The van der Waals surface area contributed by atoms with Gasteiger partial charge in [-0.1, -0.05) is 0 Å². The molecule has 1 heterocycles. The van der Waals surface area contributed by atoms with E-state index < -0.39 is 14.9 Å². The van der Waals surface area contributed by atoms with Gasteiger partial charge in [0.1, 0.15) is 0 Å². The van der Waals surface area contributed by atoms with E-state index in [9.17, 15) is 18.5 Å². The van der Waals surface area contributed by atoms with E-state index in [1.807, 2.05) is 12.1 Å². The first-order valence-corrected chi connectivity index (χ1v) is 9.06. The van der Waals surface area contributed by atoms with Crippen LogP contribution in [0.1, 0.15) is 12.8 Å². The molecule has 1 N–H and O–H groups in total. The lowest BCUT2D eigenvalue weighted by molar-refractivity contribution is -0.384. The first-order chi connectivity index (χ1) is 11.5. The zero-order chi connectivity index (χ0) is 17.2. The third kappa shape index (κ3) is 3.48. The summed E-state index contributed by atoms with van der Waals surface area (Å²) in [5.74, 6) is 0. The molecule has 24 heavy (non-hydrogen) atoms. The van der Waals surface area contributed by atoms with E-state index >= 15 is 0 Å². The molecule has 126 valence electrons. The van der Waals surface area contributed by atoms with E-state index in [4.69, 9.17) is 0 Å². The minimum absolute atomic E-state index is 0.0169. The van der Waals surface area contributed by atoms with Crippen molar-refractivity contribution in [3.63, 3.8) is 0 Å². The predicted octanol–water partition coefficient (Wildman–Crippen LogP) is 3.00. The van der Waals surface area contributed by atoms with Crippen molar-refractivity contribution < 1.29 is 13.3 Å². The molecule has 0 aliphatic carbocycles. The van der Waals surface area contributed by atoms with Crippen LogP contribution in [0.3, 0.4) is 0 Å². The molecule has 2 aromatic carbocycles. The fourth-order valence-electron chi connectivity index (χ4n) is 2.68. The van der Waals surface area contributed by atoms with Crippen molar-refractivity contribution >= 4 is 27.1 Å². The summed E-state index contributed by atoms with van der Waals surface area (Å²) in [6, 6.07) is 12.0. The van der Waals surface area contributed by atoms with Gasteiger partial charge in [-0.15, -0.1) is 0 Å². The molecule has 0 atom stereocenters. The molecule has 0 aromatic heterocycles. The minimum Gasteiger partial charge on any atom is -0.372 e. The predicted molar refractivity (Wildman–Crippen MR) is 91.8 cm³/mol. The highest BCUT2D eigenvalue weighted by Crippen LogP contribution is 2.24. The van der Waals surface area contributed by atoms with E-state index in [1.165, 1.54) is 37.1 Å². The molecule has 0 radical (unpaired) electrons. The topological polar surface area (TPSA) is 92.5 Å². The van der Waals surface area contributed by atoms with Crippen LogP contribution >= 0.6 is 0 Å². The van der Waals surface area contributed by atoms with Crippen molar-refractivity contribution in [2.75, 3.05) is 22.7 Å². The van der Waals surface area contributed by atoms with Crippen molar-refractivity contribution in [2.24, 2.45) is 0 Å².